The molecule has 0 N–H and O–H groups in total. The first kappa shape index (κ1) is 29.9. The summed E-state index contributed by atoms with van der Waals surface area (Å²) in [6.45, 7) is 7.24. The Labute approximate surface area is 230 Å². The molecule has 0 heterocycles. The Morgan fingerprint density at radius 2 is 1.28 bits per heavy atom. The minimum absolute atomic E-state index is 0.0139. The summed E-state index contributed by atoms with van der Waals surface area (Å²) < 4.78 is 43.6. The van der Waals surface area contributed by atoms with E-state index in [4.69, 9.17) is 14.2 Å². The highest BCUT2D eigenvalue weighted by Crippen LogP contribution is 2.38. The minimum Gasteiger partial charge on any atom is -0.493 e. The van der Waals surface area contributed by atoms with Crippen molar-refractivity contribution in [1.29, 1.82) is 0 Å². The quantitative estimate of drug-likeness (QED) is 0.256. The number of halogens is 2. The molecular formula is C31H38F2N2O4. The molecule has 0 aliphatic rings. The minimum atomic E-state index is -0.343. The first-order valence-electron chi connectivity index (χ1n) is 13.1. The Hall–Kier alpha value is -3.65. The van der Waals surface area contributed by atoms with Crippen molar-refractivity contribution >= 4 is 5.91 Å². The summed E-state index contributed by atoms with van der Waals surface area (Å²) in [5, 5.41) is 0. The van der Waals surface area contributed by atoms with E-state index in [-0.39, 0.29) is 29.9 Å². The van der Waals surface area contributed by atoms with Gasteiger partial charge in [-0.15, -0.1) is 0 Å². The zero-order valence-corrected chi connectivity index (χ0v) is 23.4. The summed E-state index contributed by atoms with van der Waals surface area (Å²) in [5.74, 6) is 0.734. The van der Waals surface area contributed by atoms with Crippen molar-refractivity contribution in [3.63, 3.8) is 0 Å². The molecule has 0 aromatic heterocycles. The molecule has 6 nitrogen and oxygen atoms in total. The number of rotatable bonds is 14. The van der Waals surface area contributed by atoms with Gasteiger partial charge in [-0.1, -0.05) is 31.2 Å². The van der Waals surface area contributed by atoms with Crippen LogP contribution < -0.4 is 14.2 Å². The first-order valence-corrected chi connectivity index (χ1v) is 13.1. The first-order chi connectivity index (χ1) is 18.8. The van der Waals surface area contributed by atoms with Gasteiger partial charge in [0.15, 0.2) is 11.5 Å². The van der Waals surface area contributed by atoms with Crippen LogP contribution in [0.4, 0.5) is 8.78 Å². The van der Waals surface area contributed by atoms with Gasteiger partial charge in [-0.05, 0) is 66.6 Å². The molecule has 3 aromatic rings. The Morgan fingerprint density at radius 1 is 0.769 bits per heavy atom. The van der Waals surface area contributed by atoms with Crippen LogP contribution >= 0.6 is 0 Å². The Kier molecular flexibility index (Phi) is 11.1. The molecule has 0 saturated carbocycles. The Bertz CT molecular complexity index is 1130. The maximum absolute atomic E-state index is 13.6. The fraction of sp³-hybridized carbons (Fsp3) is 0.387. The third kappa shape index (κ3) is 7.93. The molecule has 0 atom stereocenters. The standard InChI is InChI=1S/C31H38F2N2O4/c1-6-34(21-22-18-28(37-3)31(39-5)29(19-22)38-4)16-17-35(7-2)30(36)20-27(23-8-12-25(32)13-9-23)24-10-14-26(33)15-11-24/h8-15,18-19,27H,6-7,16-17,20-21H2,1-5H3. The van der Waals surface area contributed by atoms with Crippen molar-refractivity contribution in [2.24, 2.45) is 0 Å². The van der Waals surface area contributed by atoms with Crippen molar-refractivity contribution in [2.75, 3.05) is 47.5 Å². The Balaban J connectivity index is 1.72. The van der Waals surface area contributed by atoms with Gasteiger partial charge in [-0.2, -0.15) is 0 Å². The summed E-state index contributed by atoms with van der Waals surface area (Å²) >= 11 is 0. The summed E-state index contributed by atoms with van der Waals surface area (Å²) in [4.78, 5) is 17.5. The maximum atomic E-state index is 13.6. The monoisotopic (exact) mass is 540 g/mol. The van der Waals surface area contributed by atoms with E-state index in [0.717, 1.165) is 23.2 Å². The van der Waals surface area contributed by atoms with Crippen molar-refractivity contribution in [3.05, 3.63) is 89.0 Å². The van der Waals surface area contributed by atoms with Gasteiger partial charge in [-0.3, -0.25) is 9.69 Å². The van der Waals surface area contributed by atoms with Crippen molar-refractivity contribution < 1.29 is 27.8 Å². The Morgan fingerprint density at radius 3 is 1.69 bits per heavy atom. The summed E-state index contributed by atoms with van der Waals surface area (Å²) in [7, 11) is 4.76. The molecule has 0 saturated heterocycles. The van der Waals surface area contributed by atoms with Crippen molar-refractivity contribution in [2.45, 2.75) is 32.7 Å². The second-order valence-corrected chi connectivity index (χ2v) is 9.24. The second-order valence-electron chi connectivity index (χ2n) is 9.24. The molecule has 8 heteroatoms. The molecule has 0 radical (unpaired) electrons. The molecule has 0 fully saturated rings. The predicted octanol–water partition coefficient (Wildman–Crippen LogP) is 5.88. The van der Waals surface area contributed by atoms with Crippen LogP contribution in [0.25, 0.3) is 0 Å². The molecule has 3 aromatic carbocycles. The van der Waals surface area contributed by atoms with E-state index in [1.165, 1.54) is 24.3 Å². The summed E-state index contributed by atoms with van der Waals surface area (Å²) in [5.41, 5.74) is 2.63. The third-order valence-corrected chi connectivity index (χ3v) is 6.92. The van der Waals surface area contributed by atoms with Crippen LogP contribution in [0.2, 0.25) is 0 Å². The number of likely N-dealkylation sites (N-methyl/N-ethyl adjacent to an activating group) is 2. The van der Waals surface area contributed by atoms with Crippen LogP contribution in [0.3, 0.4) is 0 Å². The van der Waals surface area contributed by atoms with Gasteiger partial charge in [0.1, 0.15) is 11.6 Å². The zero-order valence-electron chi connectivity index (χ0n) is 23.4. The van der Waals surface area contributed by atoms with E-state index >= 15 is 0 Å². The van der Waals surface area contributed by atoms with E-state index in [1.807, 2.05) is 24.0 Å². The van der Waals surface area contributed by atoms with Crippen LogP contribution in [-0.2, 0) is 11.3 Å². The highest BCUT2D eigenvalue weighted by Gasteiger charge is 2.23. The number of nitrogens with zero attached hydrogens (tertiary/aromatic N) is 2. The molecule has 0 bridgehead atoms. The lowest BCUT2D eigenvalue weighted by atomic mass is 9.88. The molecule has 3 rings (SSSR count). The van der Waals surface area contributed by atoms with E-state index in [9.17, 15) is 13.6 Å². The highest BCUT2D eigenvalue weighted by atomic mass is 19.1. The second kappa shape index (κ2) is 14.5. The van der Waals surface area contributed by atoms with Gasteiger partial charge in [0.25, 0.3) is 0 Å². The van der Waals surface area contributed by atoms with Crippen LogP contribution in [0.15, 0.2) is 60.7 Å². The number of carbonyl (C=O) groups is 1. The largest absolute Gasteiger partial charge is 0.493 e. The molecule has 39 heavy (non-hydrogen) atoms. The van der Waals surface area contributed by atoms with E-state index in [2.05, 4.69) is 11.8 Å². The average molecular weight is 541 g/mol. The normalized spacial score (nSPS) is 11.1. The fourth-order valence-corrected chi connectivity index (χ4v) is 4.68. The lowest BCUT2D eigenvalue weighted by Gasteiger charge is -2.28. The molecule has 0 unspecified atom stereocenters. The SMILES string of the molecule is CCN(CCN(CC)C(=O)CC(c1ccc(F)cc1)c1ccc(F)cc1)Cc1cc(OC)c(OC)c(OC)c1. The average Bonchev–Trinajstić information content (AvgIpc) is 2.96. The van der Waals surface area contributed by atoms with Gasteiger partial charge in [0.05, 0.1) is 21.3 Å². The number of hydrogen-bond acceptors (Lipinski definition) is 5. The number of benzene rings is 3. The van der Waals surface area contributed by atoms with Crippen molar-refractivity contribution in [1.82, 2.24) is 9.80 Å². The summed E-state index contributed by atoms with van der Waals surface area (Å²) in [6, 6.07) is 16.1. The number of hydrogen-bond donors (Lipinski definition) is 0. The zero-order chi connectivity index (χ0) is 28.4. The molecule has 0 aliphatic heterocycles. The topological polar surface area (TPSA) is 51.2 Å². The molecular weight excluding hydrogens is 502 g/mol. The third-order valence-electron chi connectivity index (χ3n) is 6.92. The number of ether oxygens (including phenoxy) is 3. The van der Waals surface area contributed by atoms with Crippen LogP contribution in [-0.4, -0.2) is 63.2 Å². The molecule has 0 aliphatic carbocycles. The van der Waals surface area contributed by atoms with E-state index in [1.54, 1.807) is 45.6 Å². The number of methoxy groups -OCH3 is 3. The summed E-state index contributed by atoms with van der Waals surface area (Å²) in [6.07, 6.45) is 0.199. The van der Waals surface area contributed by atoms with Crippen molar-refractivity contribution in [3.8, 4) is 17.2 Å². The van der Waals surface area contributed by atoms with Crippen LogP contribution in [0.1, 0.15) is 42.9 Å². The van der Waals surface area contributed by atoms with Gasteiger partial charge in [0.2, 0.25) is 11.7 Å². The maximum Gasteiger partial charge on any atom is 0.223 e. The number of carbonyl (C=O) groups excluding carboxylic acids is 1. The highest BCUT2D eigenvalue weighted by molar-refractivity contribution is 5.77. The molecule has 210 valence electrons. The van der Waals surface area contributed by atoms with Gasteiger partial charge in [-0.25, -0.2) is 8.78 Å². The van der Waals surface area contributed by atoms with Crippen LogP contribution in [0.5, 0.6) is 17.2 Å². The van der Waals surface area contributed by atoms with Gasteiger partial charge in [0, 0.05) is 38.5 Å². The van der Waals surface area contributed by atoms with E-state index < -0.39 is 0 Å². The van der Waals surface area contributed by atoms with Gasteiger partial charge < -0.3 is 19.1 Å². The lowest BCUT2D eigenvalue weighted by Crippen LogP contribution is -2.39. The molecule has 1 amide bonds. The predicted molar refractivity (Wildman–Crippen MR) is 149 cm³/mol. The fourth-order valence-electron chi connectivity index (χ4n) is 4.68. The smallest absolute Gasteiger partial charge is 0.223 e. The lowest BCUT2D eigenvalue weighted by molar-refractivity contribution is -0.131. The number of amides is 1. The van der Waals surface area contributed by atoms with Crippen LogP contribution in [0, 0.1) is 11.6 Å². The molecule has 0 spiro atoms. The van der Waals surface area contributed by atoms with Gasteiger partial charge >= 0.3 is 0 Å². The van der Waals surface area contributed by atoms with E-state index in [0.29, 0.717) is 43.4 Å².